The van der Waals surface area contributed by atoms with E-state index in [1.54, 1.807) is 36.5 Å². The molecule has 4 rings (SSSR count). The summed E-state index contributed by atoms with van der Waals surface area (Å²) in [5.41, 5.74) is 7.70. The molecule has 1 aromatic heterocycles. The fraction of sp³-hybridized carbons (Fsp3) is 0.143. The minimum absolute atomic E-state index is 0.190. The van der Waals surface area contributed by atoms with Crippen molar-refractivity contribution in [3.05, 3.63) is 117 Å². The second kappa shape index (κ2) is 11.4. The molecule has 0 unspecified atom stereocenters. The second-order valence-electron chi connectivity index (χ2n) is 8.79. The number of halogens is 2. The molecular weight excluding hydrogens is 543 g/mol. The minimum atomic E-state index is -3.53. The molecule has 196 valence electrons. The summed E-state index contributed by atoms with van der Waals surface area (Å²) in [5, 5.41) is 5.19. The summed E-state index contributed by atoms with van der Waals surface area (Å²) < 4.78 is 28.1. The lowest BCUT2D eigenvalue weighted by Crippen LogP contribution is -2.29. The highest BCUT2D eigenvalue weighted by molar-refractivity contribution is 7.92. The fourth-order valence-corrected chi connectivity index (χ4v) is 5.54. The molecule has 0 saturated heterocycles. The van der Waals surface area contributed by atoms with Crippen molar-refractivity contribution in [1.29, 1.82) is 0 Å². The summed E-state index contributed by atoms with van der Waals surface area (Å²) in [7, 11) is -3.53. The molecule has 0 atom stereocenters. The van der Waals surface area contributed by atoms with Gasteiger partial charge in [0.25, 0.3) is 5.91 Å². The van der Waals surface area contributed by atoms with Crippen LogP contribution in [0.25, 0.3) is 5.69 Å². The van der Waals surface area contributed by atoms with Gasteiger partial charge in [-0.3, -0.25) is 9.10 Å². The first-order valence-electron chi connectivity index (χ1n) is 11.6. The van der Waals surface area contributed by atoms with Crippen LogP contribution in [-0.4, -0.2) is 31.4 Å². The van der Waals surface area contributed by atoms with Gasteiger partial charge in [-0.1, -0.05) is 53.5 Å². The molecule has 38 heavy (non-hydrogen) atoms. The van der Waals surface area contributed by atoms with Gasteiger partial charge in [0.2, 0.25) is 10.0 Å². The molecule has 1 N–H and O–H groups in total. The number of hydrogen-bond donors (Lipinski definition) is 1. The van der Waals surface area contributed by atoms with Crippen LogP contribution in [0.15, 0.2) is 84.0 Å². The number of sulfonamides is 1. The predicted octanol–water partition coefficient (Wildman–Crippen LogP) is 6.13. The van der Waals surface area contributed by atoms with Crippen LogP contribution in [0.5, 0.6) is 0 Å². The van der Waals surface area contributed by atoms with Gasteiger partial charge in [0.1, 0.15) is 0 Å². The first kappa shape index (κ1) is 27.4. The lowest BCUT2D eigenvalue weighted by molar-refractivity contribution is 0.0955. The van der Waals surface area contributed by atoms with Gasteiger partial charge in [0.05, 0.1) is 24.7 Å². The van der Waals surface area contributed by atoms with Gasteiger partial charge in [0, 0.05) is 38.2 Å². The van der Waals surface area contributed by atoms with Crippen LogP contribution >= 0.6 is 23.2 Å². The predicted molar refractivity (Wildman–Crippen MR) is 154 cm³/mol. The molecule has 0 radical (unpaired) electrons. The molecule has 0 aliphatic rings. The highest BCUT2D eigenvalue weighted by atomic mass is 35.5. The van der Waals surface area contributed by atoms with E-state index < -0.39 is 15.9 Å². The monoisotopic (exact) mass is 568 g/mol. The molecule has 1 amide bonds. The van der Waals surface area contributed by atoms with Crippen molar-refractivity contribution in [1.82, 2.24) is 9.99 Å². The Kier molecular flexibility index (Phi) is 8.26. The van der Waals surface area contributed by atoms with Gasteiger partial charge in [-0.25, -0.2) is 13.8 Å². The fourth-order valence-electron chi connectivity index (χ4n) is 4.14. The van der Waals surface area contributed by atoms with E-state index in [2.05, 4.69) is 10.5 Å². The van der Waals surface area contributed by atoms with Crippen molar-refractivity contribution in [2.24, 2.45) is 5.10 Å². The van der Waals surface area contributed by atoms with Crippen molar-refractivity contribution in [3.8, 4) is 5.69 Å². The van der Waals surface area contributed by atoms with Gasteiger partial charge >= 0.3 is 0 Å². The number of rotatable bonds is 8. The Morgan fingerprint density at radius 1 is 0.974 bits per heavy atom. The SMILES string of the molecule is Cc1cc(/C=N/NC(=O)c2ccc(N(Cc3ccccc3)S(C)(=O)=O)cc2)c(C)n1-c1cc(Cl)cc(Cl)c1. The van der Waals surface area contributed by atoms with E-state index in [1.165, 1.54) is 4.31 Å². The molecule has 10 heteroatoms. The maximum Gasteiger partial charge on any atom is 0.271 e. The normalized spacial score (nSPS) is 11.6. The third kappa shape index (κ3) is 6.45. The summed E-state index contributed by atoms with van der Waals surface area (Å²) in [6.45, 7) is 4.08. The maximum absolute atomic E-state index is 12.7. The largest absolute Gasteiger partial charge is 0.318 e. The Balaban J connectivity index is 1.47. The molecule has 0 bridgehead atoms. The van der Waals surface area contributed by atoms with Crippen LogP contribution in [0, 0.1) is 13.8 Å². The van der Waals surface area contributed by atoms with Crippen molar-refractivity contribution in [3.63, 3.8) is 0 Å². The lowest BCUT2D eigenvalue weighted by atomic mass is 10.2. The van der Waals surface area contributed by atoms with Gasteiger partial charge in [-0.15, -0.1) is 0 Å². The number of benzene rings is 3. The van der Waals surface area contributed by atoms with E-state index in [1.807, 2.05) is 66.9 Å². The Morgan fingerprint density at radius 2 is 1.61 bits per heavy atom. The van der Waals surface area contributed by atoms with Crippen LogP contribution in [0.1, 0.15) is 32.9 Å². The second-order valence-corrected chi connectivity index (χ2v) is 11.6. The van der Waals surface area contributed by atoms with Crippen molar-refractivity contribution >= 4 is 51.0 Å². The quantitative estimate of drug-likeness (QED) is 0.205. The first-order valence-corrected chi connectivity index (χ1v) is 14.2. The number of aryl methyl sites for hydroxylation is 1. The number of carbonyl (C=O) groups is 1. The van der Waals surface area contributed by atoms with E-state index in [0.717, 1.165) is 34.5 Å². The van der Waals surface area contributed by atoms with E-state index in [4.69, 9.17) is 23.2 Å². The molecule has 3 aromatic carbocycles. The number of aromatic nitrogens is 1. The number of amides is 1. The first-order chi connectivity index (χ1) is 18.0. The Bertz CT molecular complexity index is 1580. The van der Waals surface area contributed by atoms with Crippen molar-refractivity contribution in [2.75, 3.05) is 10.6 Å². The average molecular weight is 570 g/mol. The van der Waals surface area contributed by atoms with E-state index in [-0.39, 0.29) is 6.54 Å². The molecule has 7 nitrogen and oxygen atoms in total. The van der Waals surface area contributed by atoms with Gasteiger partial charge in [0.15, 0.2) is 0 Å². The van der Waals surface area contributed by atoms with Crippen LogP contribution < -0.4 is 9.73 Å². The highest BCUT2D eigenvalue weighted by Gasteiger charge is 2.18. The van der Waals surface area contributed by atoms with E-state index in [9.17, 15) is 13.2 Å². The molecule has 4 aromatic rings. The maximum atomic E-state index is 12.7. The zero-order valence-corrected chi connectivity index (χ0v) is 23.3. The molecule has 0 saturated carbocycles. The summed E-state index contributed by atoms with van der Waals surface area (Å²) in [4.78, 5) is 12.7. The van der Waals surface area contributed by atoms with Crippen LogP contribution in [-0.2, 0) is 16.6 Å². The van der Waals surface area contributed by atoms with Crippen LogP contribution in [0.3, 0.4) is 0 Å². The number of nitrogens with one attached hydrogen (secondary N) is 1. The zero-order chi connectivity index (χ0) is 27.4. The Hall–Kier alpha value is -3.59. The Morgan fingerprint density at radius 3 is 2.21 bits per heavy atom. The van der Waals surface area contributed by atoms with Gasteiger partial charge in [-0.05, 0) is 67.9 Å². The topological polar surface area (TPSA) is 83.8 Å². The number of nitrogens with zero attached hydrogens (tertiary/aromatic N) is 3. The van der Waals surface area contributed by atoms with E-state index in [0.29, 0.717) is 21.3 Å². The Labute approximate surface area is 232 Å². The number of carbonyl (C=O) groups excluding carboxylic acids is 1. The summed E-state index contributed by atoms with van der Waals surface area (Å²) in [6, 6.07) is 22.9. The standard InChI is InChI=1S/C28H26Cl2N4O3S/c1-19-13-23(20(2)34(19)27-15-24(29)14-25(30)16-27)17-31-32-28(35)22-9-11-26(12-10-22)33(38(3,36)37)18-21-7-5-4-6-8-21/h4-17H,18H2,1-3H3,(H,32,35)/b31-17+. The molecule has 1 heterocycles. The minimum Gasteiger partial charge on any atom is -0.318 e. The molecule has 0 aliphatic carbocycles. The lowest BCUT2D eigenvalue weighted by Gasteiger charge is -2.22. The smallest absolute Gasteiger partial charge is 0.271 e. The number of hydrazone groups is 1. The van der Waals surface area contributed by atoms with Crippen molar-refractivity contribution < 1.29 is 13.2 Å². The van der Waals surface area contributed by atoms with Gasteiger partial charge < -0.3 is 4.57 Å². The number of hydrogen-bond acceptors (Lipinski definition) is 4. The average Bonchev–Trinajstić information content (AvgIpc) is 3.14. The third-order valence-corrected chi connectivity index (χ3v) is 7.51. The van der Waals surface area contributed by atoms with Crippen molar-refractivity contribution in [2.45, 2.75) is 20.4 Å². The molecule has 0 spiro atoms. The van der Waals surface area contributed by atoms with Crippen LogP contribution in [0.4, 0.5) is 5.69 Å². The molecule has 0 fully saturated rings. The molecular formula is C28H26Cl2N4O3S. The zero-order valence-electron chi connectivity index (χ0n) is 21.0. The highest BCUT2D eigenvalue weighted by Crippen LogP contribution is 2.26. The summed E-state index contributed by atoms with van der Waals surface area (Å²) in [5.74, 6) is -0.419. The molecule has 0 aliphatic heterocycles. The number of anilines is 1. The summed E-state index contributed by atoms with van der Waals surface area (Å²) in [6.07, 6.45) is 2.73. The third-order valence-electron chi connectivity index (χ3n) is 5.93. The van der Waals surface area contributed by atoms with Crippen LogP contribution in [0.2, 0.25) is 10.0 Å². The summed E-state index contributed by atoms with van der Waals surface area (Å²) >= 11 is 12.3. The van der Waals surface area contributed by atoms with Gasteiger partial charge in [-0.2, -0.15) is 5.10 Å². The van der Waals surface area contributed by atoms with E-state index >= 15 is 0 Å².